The number of carbonyl (C=O) groups excluding carboxylic acids is 1. The summed E-state index contributed by atoms with van der Waals surface area (Å²) in [6.07, 6.45) is 13.5. The molecule has 3 aromatic rings. The van der Waals surface area contributed by atoms with Crippen LogP contribution in [-0.4, -0.2) is 45.5 Å². The van der Waals surface area contributed by atoms with Crippen LogP contribution in [0, 0.1) is 25.7 Å². The van der Waals surface area contributed by atoms with Gasteiger partial charge in [0.1, 0.15) is 11.6 Å². The smallest absolute Gasteiger partial charge is 0.231 e. The van der Waals surface area contributed by atoms with E-state index >= 15 is 0 Å². The molecule has 0 radical (unpaired) electrons. The minimum Gasteiger partial charge on any atom is -0.496 e. The van der Waals surface area contributed by atoms with Gasteiger partial charge in [-0.15, -0.1) is 0 Å². The van der Waals surface area contributed by atoms with E-state index in [1.165, 1.54) is 24.0 Å². The number of rotatable bonds is 8. The highest BCUT2D eigenvalue weighted by atomic mass is 16.5. The third-order valence-electron chi connectivity index (χ3n) is 9.56. The van der Waals surface area contributed by atoms with Crippen LogP contribution in [0.5, 0.6) is 5.75 Å². The monoisotopic (exact) mass is 556 g/mol. The SMILES string of the molecule is COc1ccc(C2CCC(CN(c3cc(-c4cnn(C5CC5)c4)cc(C)n3)C(=O)[C@H]3CC[C@H](O)CC3)CC2)cc1C. The zero-order valence-corrected chi connectivity index (χ0v) is 24.8. The van der Waals surface area contributed by atoms with Crippen molar-refractivity contribution in [1.29, 1.82) is 0 Å². The number of carbonyl (C=O) groups is 1. The zero-order chi connectivity index (χ0) is 28.5. The summed E-state index contributed by atoms with van der Waals surface area (Å²) in [6.45, 7) is 4.82. The maximum Gasteiger partial charge on any atom is 0.231 e. The lowest BCUT2D eigenvalue weighted by molar-refractivity contribution is -0.124. The van der Waals surface area contributed by atoms with Crippen molar-refractivity contribution in [2.45, 2.75) is 96.1 Å². The standard InChI is InChI=1S/C34H44N4O3/c1-22-16-27(10-15-32(22)41-3)25-6-4-24(5-7-25)20-37(34(40)26-8-13-31(39)14-9-26)33-18-28(17-23(2)36-33)29-19-35-38(21-29)30-11-12-30/h10,15-19,21,24-26,30-31,39H,4-9,11-14,20H2,1-3H3/t24?,25?,26-,31-. The van der Waals surface area contributed by atoms with Gasteiger partial charge in [-0.05, 0) is 125 Å². The second-order valence-electron chi connectivity index (χ2n) is 12.7. The molecule has 3 aliphatic carbocycles. The molecule has 7 heteroatoms. The lowest BCUT2D eigenvalue weighted by Crippen LogP contribution is -2.42. The van der Waals surface area contributed by atoms with Crippen LogP contribution in [0.1, 0.15) is 93.0 Å². The van der Waals surface area contributed by atoms with Crippen molar-refractivity contribution in [3.05, 3.63) is 59.5 Å². The lowest BCUT2D eigenvalue weighted by atomic mass is 9.78. The summed E-state index contributed by atoms with van der Waals surface area (Å²) in [5.74, 6) is 2.79. The van der Waals surface area contributed by atoms with E-state index in [1.54, 1.807) is 7.11 Å². The van der Waals surface area contributed by atoms with Gasteiger partial charge in [0.25, 0.3) is 0 Å². The van der Waals surface area contributed by atoms with E-state index in [1.807, 2.05) is 18.0 Å². The van der Waals surface area contributed by atoms with Gasteiger partial charge >= 0.3 is 0 Å². The fraction of sp³-hybridized carbons (Fsp3) is 0.559. The van der Waals surface area contributed by atoms with Crippen LogP contribution in [0.4, 0.5) is 5.82 Å². The summed E-state index contributed by atoms with van der Waals surface area (Å²) in [6, 6.07) is 11.3. The van der Waals surface area contributed by atoms with Gasteiger partial charge in [0, 0.05) is 29.9 Å². The summed E-state index contributed by atoms with van der Waals surface area (Å²) >= 11 is 0. The van der Waals surface area contributed by atoms with Gasteiger partial charge in [0.15, 0.2) is 0 Å². The van der Waals surface area contributed by atoms with Crippen molar-refractivity contribution < 1.29 is 14.6 Å². The van der Waals surface area contributed by atoms with Gasteiger partial charge in [0.05, 0.1) is 25.5 Å². The number of anilines is 1. The highest BCUT2D eigenvalue weighted by Crippen LogP contribution is 2.39. The molecular weight excluding hydrogens is 512 g/mol. The number of hydrogen-bond donors (Lipinski definition) is 1. The molecule has 0 aliphatic heterocycles. The van der Waals surface area contributed by atoms with Crippen LogP contribution >= 0.6 is 0 Å². The van der Waals surface area contributed by atoms with Crippen LogP contribution in [0.25, 0.3) is 11.1 Å². The number of amides is 1. The van der Waals surface area contributed by atoms with Crippen LogP contribution in [0.2, 0.25) is 0 Å². The molecule has 0 bridgehead atoms. The van der Waals surface area contributed by atoms with Gasteiger partial charge in [-0.25, -0.2) is 4.98 Å². The third-order valence-corrected chi connectivity index (χ3v) is 9.56. The molecule has 2 aromatic heterocycles. The van der Waals surface area contributed by atoms with Gasteiger partial charge in [-0.3, -0.25) is 14.4 Å². The van der Waals surface area contributed by atoms with E-state index in [-0.39, 0.29) is 17.9 Å². The topological polar surface area (TPSA) is 80.5 Å². The largest absolute Gasteiger partial charge is 0.496 e. The van der Waals surface area contributed by atoms with Crippen molar-refractivity contribution in [3.8, 4) is 16.9 Å². The van der Waals surface area contributed by atoms with Crippen LogP contribution in [-0.2, 0) is 4.79 Å². The van der Waals surface area contributed by atoms with E-state index in [4.69, 9.17) is 9.72 Å². The number of benzene rings is 1. The lowest BCUT2D eigenvalue weighted by Gasteiger charge is -2.35. The molecule has 0 saturated heterocycles. The Kier molecular flexibility index (Phi) is 8.16. The molecule has 1 N–H and O–H groups in total. The summed E-state index contributed by atoms with van der Waals surface area (Å²) in [4.78, 5) is 21.0. The Morgan fingerprint density at radius 3 is 2.41 bits per heavy atom. The second-order valence-corrected chi connectivity index (χ2v) is 12.7. The molecule has 1 amide bonds. The van der Waals surface area contributed by atoms with Crippen molar-refractivity contribution in [3.63, 3.8) is 0 Å². The first-order valence-corrected chi connectivity index (χ1v) is 15.5. The Morgan fingerprint density at radius 1 is 0.976 bits per heavy atom. The molecule has 41 heavy (non-hydrogen) atoms. The Bertz CT molecular complexity index is 1360. The van der Waals surface area contributed by atoms with Crippen LogP contribution in [0.15, 0.2) is 42.7 Å². The first kappa shape index (κ1) is 28.0. The molecule has 0 unspecified atom stereocenters. The molecule has 3 saturated carbocycles. The normalized spacial score (nSPS) is 24.7. The van der Waals surface area contributed by atoms with E-state index < -0.39 is 0 Å². The first-order chi connectivity index (χ1) is 19.9. The molecule has 7 nitrogen and oxygen atoms in total. The predicted octanol–water partition coefficient (Wildman–Crippen LogP) is 6.76. The fourth-order valence-electron chi connectivity index (χ4n) is 6.91. The summed E-state index contributed by atoms with van der Waals surface area (Å²) in [5.41, 5.74) is 5.63. The number of methoxy groups -OCH3 is 1. The molecule has 3 aliphatic rings. The van der Waals surface area contributed by atoms with E-state index in [0.717, 1.165) is 66.9 Å². The zero-order valence-electron chi connectivity index (χ0n) is 24.8. The number of aliphatic hydroxyl groups is 1. The van der Waals surface area contributed by atoms with Gasteiger partial charge in [-0.2, -0.15) is 5.10 Å². The predicted molar refractivity (Wildman–Crippen MR) is 161 cm³/mol. The molecule has 2 heterocycles. The minimum absolute atomic E-state index is 0.0552. The summed E-state index contributed by atoms with van der Waals surface area (Å²) < 4.78 is 7.54. The molecule has 1 aromatic carbocycles. The van der Waals surface area contributed by atoms with Gasteiger partial charge in [0.2, 0.25) is 5.91 Å². The molecule has 6 rings (SSSR count). The minimum atomic E-state index is -0.281. The van der Waals surface area contributed by atoms with E-state index in [2.05, 4.69) is 53.2 Å². The Labute approximate surface area is 243 Å². The van der Waals surface area contributed by atoms with Gasteiger partial charge < -0.3 is 9.84 Å². The second kappa shape index (κ2) is 12.0. The van der Waals surface area contributed by atoms with Crippen LogP contribution in [0.3, 0.4) is 0 Å². The van der Waals surface area contributed by atoms with Gasteiger partial charge in [-0.1, -0.05) is 12.1 Å². The highest BCUT2D eigenvalue weighted by molar-refractivity contribution is 5.95. The average molecular weight is 557 g/mol. The number of aliphatic hydroxyl groups excluding tert-OH is 1. The Balaban J connectivity index is 1.21. The highest BCUT2D eigenvalue weighted by Gasteiger charge is 2.33. The van der Waals surface area contributed by atoms with Crippen molar-refractivity contribution in [2.24, 2.45) is 11.8 Å². The van der Waals surface area contributed by atoms with E-state index in [9.17, 15) is 9.90 Å². The number of ether oxygens (including phenoxy) is 1. The summed E-state index contributed by atoms with van der Waals surface area (Å²) in [5, 5.41) is 14.7. The molecule has 3 fully saturated rings. The number of pyridine rings is 1. The summed E-state index contributed by atoms with van der Waals surface area (Å²) in [7, 11) is 1.73. The maximum atomic E-state index is 14.1. The number of nitrogens with zero attached hydrogens (tertiary/aromatic N) is 4. The Hall–Kier alpha value is -3.19. The fourth-order valence-corrected chi connectivity index (χ4v) is 6.91. The Morgan fingerprint density at radius 2 is 1.73 bits per heavy atom. The average Bonchev–Trinajstić information content (AvgIpc) is 3.71. The van der Waals surface area contributed by atoms with Crippen molar-refractivity contribution in [1.82, 2.24) is 14.8 Å². The molecule has 0 spiro atoms. The number of aromatic nitrogens is 3. The molecule has 218 valence electrons. The number of hydrogen-bond acceptors (Lipinski definition) is 5. The maximum absolute atomic E-state index is 14.1. The molecule has 0 atom stereocenters. The van der Waals surface area contributed by atoms with E-state index in [0.29, 0.717) is 37.3 Å². The molecular formula is C34H44N4O3. The first-order valence-electron chi connectivity index (χ1n) is 15.5. The quantitative estimate of drug-likeness (QED) is 0.331. The van der Waals surface area contributed by atoms with Crippen molar-refractivity contribution >= 4 is 11.7 Å². The number of aryl methyl sites for hydroxylation is 2. The van der Waals surface area contributed by atoms with Crippen LogP contribution < -0.4 is 9.64 Å². The van der Waals surface area contributed by atoms with Crippen molar-refractivity contribution in [2.75, 3.05) is 18.6 Å². The third kappa shape index (κ3) is 6.35.